The normalized spacial score (nSPS) is 18.9. The number of nitrogens with zero attached hydrogens (tertiary/aromatic N) is 2. The molecule has 0 radical (unpaired) electrons. The zero-order valence-corrected chi connectivity index (χ0v) is 19.6. The number of aromatic nitrogens is 2. The predicted molar refractivity (Wildman–Crippen MR) is 125 cm³/mol. The summed E-state index contributed by atoms with van der Waals surface area (Å²) < 4.78 is 13.0. The molecule has 1 fully saturated rings. The van der Waals surface area contributed by atoms with Gasteiger partial charge in [-0.25, -0.2) is 4.98 Å². The van der Waals surface area contributed by atoms with Crippen molar-refractivity contribution in [3.8, 4) is 11.4 Å². The molecule has 1 aliphatic rings. The standard InChI is InChI=1S/C23H28N2O3S2/c1-5-19-15(3)20-21(30-19)24-23(29-12-10-18-14(2)9-11-28-18)25(22(20)26)16-7-6-8-17(13-16)27-4/h6-8,13-14,18H,5,9-12H2,1-4H3. The summed E-state index contributed by atoms with van der Waals surface area (Å²) in [4.78, 5) is 20.6. The number of rotatable bonds is 7. The van der Waals surface area contributed by atoms with Crippen LogP contribution in [0.4, 0.5) is 0 Å². The van der Waals surface area contributed by atoms with Crippen LogP contribution in [0.15, 0.2) is 34.2 Å². The van der Waals surface area contributed by atoms with Gasteiger partial charge in [-0.1, -0.05) is 31.7 Å². The molecule has 0 aliphatic carbocycles. The van der Waals surface area contributed by atoms with E-state index < -0.39 is 0 Å². The Labute approximate surface area is 185 Å². The molecule has 1 aromatic carbocycles. The van der Waals surface area contributed by atoms with Crippen LogP contribution < -0.4 is 10.3 Å². The molecule has 2 unspecified atom stereocenters. The van der Waals surface area contributed by atoms with Crippen LogP contribution in [0.2, 0.25) is 0 Å². The van der Waals surface area contributed by atoms with Gasteiger partial charge in [-0.05, 0) is 49.8 Å². The van der Waals surface area contributed by atoms with Crippen molar-refractivity contribution in [2.45, 2.75) is 51.3 Å². The highest BCUT2D eigenvalue weighted by Gasteiger charge is 2.24. The summed E-state index contributed by atoms with van der Waals surface area (Å²) >= 11 is 3.27. The first-order valence-electron chi connectivity index (χ1n) is 10.5. The summed E-state index contributed by atoms with van der Waals surface area (Å²) in [6.45, 7) is 7.25. The zero-order valence-electron chi connectivity index (χ0n) is 17.9. The lowest BCUT2D eigenvalue weighted by Crippen LogP contribution is -2.22. The largest absolute Gasteiger partial charge is 0.497 e. The maximum atomic E-state index is 13.6. The monoisotopic (exact) mass is 444 g/mol. The van der Waals surface area contributed by atoms with E-state index in [1.54, 1.807) is 34.8 Å². The number of hydrogen-bond acceptors (Lipinski definition) is 6. The van der Waals surface area contributed by atoms with Crippen LogP contribution in [0.5, 0.6) is 5.75 Å². The van der Waals surface area contributed by atoms with Crippen LogP contribution in [-0.2, 0) is 11.2 Å². The molecule has 0 bridgehead atoms. The van der Waals surface area contributed by atoms with Crippen molar-refractivity contribution in [1.29, 1.82) is 0 Å². The minimum atomic E-state index is -0.00492. The maximum Gasteiger partial charge on any atom is 0.267 e. The van der Waals surface area contributed by atoms with Crippen molar-refractivity contribution in [1.82, 2.24) is 9.55 Å². The fraction of sp³-hybridized carbons (Fsp3) is 0.478. The molecule has 4 rings (SSSR count). The summed E-state index contributed by atoms with van der Waals surface area (Å²) in [6.07, 6.45) is 3.29. The number of hydrogen-bond donors (Lipinski definition) is 0. The highest BCUT2D eigenvalue weighted by Crippen LogP contribution is 2.32. The lowest BCUT2D eigenvalue weighted by Gasteiger charge is -2.16. The number of aryl methyl sites for hydroxylation is 2. The number of fused-ring (bicyclic) bond motifs is 1. The molecule has 5 nitrogen and oxygen atoms in total. The fourth-order valence-electron chi connectivity index (χ4n) is 4.01. The van der Waals surface area contributed by atoms with E-state index >= 15 is 0 Å². The lowest BCUT2D eigenvalue weighted by molar-refractivity contribution is 0.0921. The number of ether oxygens (including phenoxy) is 2. The van der Waals surface area contributed by atoms with Gasteiger partial charge in [0, 0.05) is 23.3 Å². The molecule has 3 aromatic rings. The second kappa shape index (κ2) is 9.12. The van der Waals surface area contributed by atoms with E-state index in [9.17, 15) is 4.79 Å². The Balaban J connectivity index is 1.77. The van der Waals surface area contributed by atoms with Gasteiger partial charge in [0.2, 0.25) is 0 Å². The van der Waals surface area contributed by atoms with Crippen molar-refractivity contribution in [2.75, 3.05) is 19.5 Å². The quantitative estimate of drug-likeness (QED) is 0.369. The average Bonchev–Trinajstić information content (AvgIpc) is 3.30. The molecular weight excluding hydrogens is 416 g/mol. The van der Waals surface area contributed by atoms with Crippen molar-refractivity contribution in [3.63, 3.8) is 0 Å². The Kier molecular flexibility index (Phi) is 6.51. The molecule has 2 aromatic heterocycles. The van der Waals surface area contributed by atoms with E-state index in [2.05, 4.69) is 13.8 Å². The van der Waals surface area contributed by atoms with E-state index in [0.717, 1.165) is 64.0 Å². The third-order valence-electron chi connectivity index (χ3n) is 5.84. The fourth-order valence-corrected chi connectivity index (χ4v) is 6.18. The molecule has 3 heterocycles. The van der Waals surface area contributed by atoms with Gasteiger partial charge in [-0.3, -0.25) is 9.36 Å². The molecule has 1 aliphatic heterocycles. The Bertz CT molecular complexity index is 1110. The molecule has 0 spiro atoms. The number of thiophene rings is 1. The van der Waals surface area contributed by atoms with E-state index in [1.165, 1.54) is 4.88 Å². The van der Waals surface area contributed by atoms with E-state index in [0.29, 0.717) is 12.0 Å². The minimum absolute atomic E-state index is 0.00492. The van der Waals surface area contributed by atoms with Crippen LogP contribution in [0, 0.1) is 12.8 Å². The molecule has 0 saturated carbocycles. The van der Waals surface area contributed by atoms with Crippen molar-refractivity contribution < 1.29 is 9.47 Å². The highest BCUT2D eigenvalue weighted by molar-refractivity contribution is 7.99. The molecular formula is C23H28N2O3S2. The van der Waals surface area contributed by atoms with E-state index in [-0.39, 0.29) is 5.56 Å². The predicted octanol–water partition coefficient (Wildman–Crippen LogP) is 5.23. The highest BCUT2D eigenvalue weighted by atomic mass is 32.2. The van der Waals surface area contributed by atoms with E-state index in [4.69, 9.17) is 14.5 Å². The summed E-state index contributed by atoms with van der Waals surface area (Å²) in [5.74, 6) is 2.18. The van der Waals surface area contributed by atoms with Crippen LogP contribution in [-0.4, -0.2) is 35.1 Å². The Morgan fingerprint density at radius 3 is 2.93 bits per heavy atom. The summed E-state index contributed by atoms with van der Waals surface area (Å²) in [5.41, 5.74) is 1.83. The first-order chi connectivity index (χ1) is 14.5. The van der Waals surface area contributed by atoms with Crippen LogP contribution in [0.3, 0.4) is 0 Å². The molecule has 0 amide bonds. The van der Waals surface area contributed by atoms with Gasteiger partial charge in [0.15, 0.2) is 5.16 Å². The number of benzene rings is 1. The van der Waals surface area contributed by atoms with Gasteiger partial charge in [0.1, 0.15) is 10.6 Å². The smallest absolute Gasteiger partial charge is 0.267 e. The number of methoxy groups -OCH3 is 1. The van der Waals surface area contributed by atoms with Crippen molar-refractivity contribution >= 4 is 33.3 Å². The maximum absolute atomic E-state index is 13.6. The number of thioether (sulfide) groups is 1. The van der Waals surface area contributed by atoms with Gasteiger partial charge >= 0.3 is 0 Å². The average molecular weight is 445 g/mol. The second-order valence-corrected chi connectivity index (χ2v) is 9.88. The van der Waals surface area contributed by atoms with Crippen LogP contribution in [0.25, 0.3) is 15.9 Å². The molecule has 0 N–H and O–H groups in total. The minimum Gasteiger partial charge on any atom is -0.497 e. The molecule has 2 atom stereocenters. The SMILES string of the molecule is CCc1sc2nc(SCCC3OCCC3C)n(-c3cccc(OC)c3)c(=O)c2c1C. The first kappa shape index (κ1) is 21.4. The summed E-state index contributed by atoms with van der Waals surface area (Å²) in [5, 5.41) is 1.46. The second-order valence-electron chi connectivity index (χ2n) is 7.73. The van der Waals surface area contributed by atoms with Gasteiger partial charge in [0.05, 0.1) is 24.3 Å². The van der Waals surface area contributed by atoms with Crippen molar-refractivity contribution in [3.05, 3.63) is 45.1 Å². The van der Waals surface area contributed by atoms with Gasteiger partial charge in [0.25, 0.3) is 5.56 Å². The van der Waals surface area contributed by atoms with Gasteiger partial charge in [-0.2, -0.15) is 0 Å². The van der Waals surface area contributed by atoms with Crippen molar-refractivity contribution in [2.24, 2.45) is 5.92 Å². The Morgan fingerprint density at radius 2 is 2.23 bits per heavy atom. The zero-order chi connectivity index (χ0) is 21.3. The molecule has 30 heavy (non-hydrogen) atoms. The first-order valence-corrected chi connectivity index (χ1v) is 12.3. The third kappa shape index (κ3) is 4.03. The summed E-state index contributed by atoms with van der Waals surface area (Å²) in [7, 11) is 1.64. The van der Waals surface area contributed by atoms with Crippen LogP contribution in [0.1, 0.15) is 37.1 Å². The van der Waals surface area contributed by atoms with Gasteiger partial charge in [-0.15, -0.1) is 11.3 Å². The Hall–Kier alpha value is -1.83. The van der Waals surface area contributed by atoms with E-state index in [1.807, 2.05) is 31.2 Å². The molecule has 160 valence electrons. The van der Waals surface area contributed by atoms with Crippen LogP contribution >= 0.6 is 23.1 Å². The van der Waals surface area contributed by atoms with Gasteiger partial charge < -0.3 is 9.47 Å². The Morgan fingerprint density at radius 1 is 1.40 bits per heavy atom. The molecule has 7 heteroatoms. The molecule has 1 saturated heterocycles. The lowest BCUT2D eigenvalue weighted by atomic mass is 10.0. The topological polar surface area (TPSA) is 53.4 Å². The summed E-state index contributed by atoms with van der Waals surface area (Å²) in [6, 6.07) is 7.62. The third-order valence-corrected chi connectivity index (χ3v) is 8.14.